The Bertz CT molecular complexity index is 246. The molecule has 0 amide bonds. The average molecular weight is 312 g/mol. The minimum absolute atomic E-state index is 0.115. The molecule has 21 heavy (non-hydrogen) atoms. The van der Waals surface area contributed by atoms with Crippen molar-refractivity contribution < 1.29 is 22.6 Å². The van der Waals surface area contributed by atoms with Gasteiger partial charge in [0.05, 0.1) is 0 Å². The van der Waals surface area contributed by atoms with Gasteiger partial charge in [0.15, 0.2) is 6.10 Å². The molecular formula is C16H31F3O2. The number of alkyl halides is 3. The summed E-state index contributed by atoms with van der Waals surface area (Å²) >= 11 is 0. The van der Waals surface area contributed by atoms with Gasteiger partial charge in [0.2, 0.25) is 0 Å². The van der Waals surface area contributed by atoms with E-state index in [0.717, 1.165) is 31.5 Å². The number of halogens is 3. The highest BCUT2D eigenvalue weighted by Crippen LogP contribution is 2.31. The second kappa shape index (κ2) is 10.4. The zero-order valence-corrected chi connectivity index (χ0v) is 14.0. The summed E-state index contributed by atoms with van der Waals surface area (Å²) in [7, 11) is 0. The van der Waals surface area contributed by atoms with Crippen molar-refractivity contribution in [2.45, 2.75) is 66.2 Å². The Hall–Kier alpha value is -0.290. The Kier molecular flexibility index (Phi) is 10.3. The van der Waals surface area contributed by atoms with Crippen LogP contribution < -0.4 is 0 Å². The van der Waals surface area contributed by atoms with Crippen LogP contribution in [-0.2, 0) is 9.47 Å². The largest absolute Gasteiger partial charge is 0.414 e. The first-order chi connectivity index (χ1) is 9.80. The molecule has 2 aliphatic heterocycles. The lowest BCUT2D eigenvalue weighted by molar-refractivity contribution is -0.234. The van der Waals surface area contributed by atoms with Crippen LogP contribution in [0.3, 0.4) is 0 Å². The normalized spacial score (nSPS) is 33.1. The fraction of sp³-hybridized carbons (Fsp3) is 1.00. The van der Waals surface area contributed by atoms with Gasteiger partial charge in [-0.05, 0) is 37.0 Å². The van der Waals surface area contributed by atoms with E-state index in [2.05, 4.69) is 18.6 Å². The van der Waals surface area contributed by atoms with Crippen LogP contribution in [-0.4, -0.2) is 32.1 Å². The van der Waals surface area contributed by atoms with Crippen LogP contribution in [0.15, 0.2) is 0 Å². The van der Waals surface area contributed by atoms with Crippen molar-refractivity contribution in [1.29, 1.82) is 0 Å². The van der Waals surface area contributed by atoms with Gasteiger partial charge < -0.3 is 9.47 Å². The molecule has 0 aromatic rings. The van der Waals surface area contributed by atoms with Crippen molar-refractivity contribution in [3.05, 3.63) is 0 Å². The van der Waals surface area contributed by atoms with Crippen molar-refractivity contribution in [1.82, 2.24) is 0 Å². The van der Waals surface area contributed by atoms with Crippen LogP contribution in [0.5, 0.6) is 0 Å². The van der Waals surface area contributed by atoms with Crippen molar-refractivity contribution in [2.24, 2.45) is 17.8 Å². The summed E-state index contributed by atoms with van der Waals surface area (Å²) in [4.78, 5) is 0. The molecule has 2 saturated heterocycles. The van der Waals surface area contributed by atoms with Crippen LogP contribution >= 0.6 is 0 Å². The highest BCUT2D eigenvalue weighted by Gasteiger charge is 2.42. The summed E-state index contributed by atoms with van der Waals surface area (Å²) in [5, 5.41) is 0. The minimum Gasteiger partial charge on any atom is -0.381 e. The molecule has 4 unspecified atom stereocenters. The lowest BCUT2D eigenvalue weighted by Gasteiger charge is -2.28. The monoisotopic (exact) mass is 312 g/mol. The van der Waals surface area contributed by atoms with Gasteiger partial charge in [-0.25, -0.2) is 0 Å². The number of ether oxygens (including phenoxy) is 2. The molecule has 0 saturated carbocycles. The molecule has 2 aliphatic rings. The van der Waals surface area contributed by atoms with Crippen molar-refractivity contribution >= 4 is 0 Å². The molecule has 0 N–H and O–H groups in total. The maximum absolute atomic E-state index is 12.0. The van der Waals surface area contributed by atoms with E-state index in [1.165, 1.54) is 6.42 Å². The minimum atomic E-state index is -4.17. The standard InChI is InChI=1S/C7H11F3O.C7H14O.C2H6/c1-5-2-3-11-6(4-5)7(8,9)10;1-6-3-4-8-5-7(6)2;1-2/h5-6H,2-4H2,1H3;6-7H,3-5H2,1-2H3;1-2H3. The Balaban J connectivity index is 0.000000354. The molecule has 128 valence electrons. The smallest absolute Gasteiger partial charge is 0.381 e. The van der Waals surface area contributed by atoms with E-state index in [1.807, 2.05) is 20.8 Å². The van der Waals surface area contributed by atoms with Gasteiger partial charge in [0.1, 0.15) is 0 Å². The topological polar surface area (TPSA) is 18.5 Å². The van der Waals surface area contributed by atoms with Gasteiger partial charge >= 0.3 is 6.18 Å². The summed E-state index contributed by atoms with van der Waals surface area (Å²) in [5.74, 6) is 1.79. The molecule has 0 aliphatic carbocycles. The lowest BCUT2D eigenvalue weighted by Crippen LogP contribution is -2.37. The van der Waals surface area contributed by atoms with E-state index in [9.17, 15) is 13.2 Å². The van der Waals surface area contributed by atoms with Crippen LogP contribution in [0.2, 0.25) is 0 Å². The summed E-state index contributed by atoms with van der Waals surface area (Å²) in [6, 6.07) is 0. The Morgan fingerprint density at radius 3 is 1.86 bits per heavy atom. The predicted molar refractivity (Wildman–Crippen MR) is 79.3 cm³/mol. The molecule has 2 fully saturated rings. The number of hydrogen-bond acceptors (Lipinski definition) is 2. The molecular weight excluding hydrogens is 281 g/mol. The quantitative estimate of drug-likeness (QED) is 0.622. The molecule has 2 nitrogen and oxygen atoms in total. The van der Waals surface area contributed by atoms with Gasteiger partial charge in [0, 0.05) is 19.8 Å². The van der Waals surface area contributed by atoms with E-state index in [4.69, 9.17) is 4.74 Å². The fourth-order valence-corrected chi connectivity index (χ4v) is 2.18. The van der Waals surface area contributed by atoms with Crippen LogP contribution in [0.25, 0.3) is 0 Å². The van der Waals surface area contributed by atoms with Crippen LogP contribution in [0.4, 0.5) is 13.2 Å². The van der Waals surface area contributed by atoms with Crippen LogP contribution in [0.1, 0.15) is 53.9 Å². The summed E-state index contributed by atoms with van der Waals surface area (Å²) in [6.45, 7) is 12.6. The highest BCUT2D eigenvalue weighted by atomic mass is 19.4. The molecule has 0 bridgehead atoms. The first kappa shape index (κ1) is 20.7. The van der Waals surface area contributed by atoms with Crippen molar-refractivity contribution in [2.75, 3.05) is 19.8 Å². The maximum atomic E-state index is 12.0. The molecule has 0 aromatic carbocycles. The van der Waals surface area contributed by atoms with Gasteiger partial charge in [-0.2, -0.15) is 13.2 Å². The zero-order chi connectivity index (χ0) is 16.5. The first-order valence-corrected chi connectivity index (χ1v) is 8.06. The van der Waals surface area contributed by atoms with Gasteiger partial charge in [-0.3, -0.25) is 0 Å². The first-order valence-electron chi connectivity index (χ1n) is 8.06. The highest BCUT2D eigenvalue weighted by molar-refractivity contribution is 4.74. The third kappa shape index (κ3) is 8.67. The van der Waals surface area contributed by atoms with Crippen molar-refractivity contribution in [3.8, 4) is 0 Å². The predicted octanol–water partition coefficient (Wildman–Crippen LogP) is 5.07. The molecule has 5 heteroatoms. The van der Waals surface area contributed by atoms with Crippen LogP contribution in [0, 0.1) is 17.8 Å². The third-order valence-electron chi connectivity index (χ3n) is 3.98. The van der Waals surface area contributed by atoms with E-state index >= 15 is 0 Å². The number of rotatable bonds is 0. The molecule has 4 atom stereocenters. The fourth-order valence-electron chi connectivity index (χ4n) is 2.18. The van der Waals surface area contributed by atoms with E-state index in [1.54, 1.807) is 0 Å². The summed E-state index contributed by atoms with van der Waals surface area (Å²) in [6.07, 6.45) is -3.59. The SMILES string of the molecule is CC.CC1CCOC(C(F)(F)F)C1.CC1CCOCC1C. The van der Waals surface area contributed by atoms with Crippen molar-refractivity contribution in [3.63, 3.8) is 0 Å². The van der Waals surface area contributed by atoms with Gasteiger partial charge in [-0.1, -0.05) is 34.6 Å². The van der Waals surface area contributed by atoms with Gasteiger partial charge in [-0.15, -0.1) is 0 Å². The average Bonchev–Trinajstić information content (AvgIpc) is 2.44. The summed E-state index contributed by atoms with van der Waals surface area (Å²) in [5.41, 5.74) is 0. The molecule has 2 rings (SSSR count). The lowest BCUT2D eigenvalue weighted by atomic mass is 9.92. The van der Waals surface area contributed by atoms with E-state index in [0.29, 0.717) is 0 Å². The Labute approximate surface area is 127 Å². The maximum Gasteiger partial charge on any atom is 0.414 e. The second-order valence-corrected chi connectivity index (χ2v) is 5.85. The number of hydrogen-bond donors (Lipinski definition) is 0. The van der Waals surface area contributed by atoms with E-state index < -0.39 is 12.3 Å². The Morgan fingerprint density at radius 2 is 1.52 bits per heavy atom. The second-order valence-electron chi connectivity index (χ2n) is 5.85. The third-order valence-corrected chi connectivity index (χ3v) is 3.98. The molecule has 0 radical (unpaired) electrons. The summed E-state index contributed by atoms with van der Waals surface area (Å²) < 4.78 is 45.8. The molecule has 0 spiro atoms. The zero-order valence-electron chi connectivity index (χ0n) is 14.0. The van der Waals surface area contributed by atoms with Gasteiger partial charge in [0.25, 0.3) is 0 Å². The Morgan fingerprint density at radius 1 is 0.905 bits per heavy atom. The molecule has 2 heterocycles. The molecule has 0 aromatic heterocycles. The van der Waals surface area contributed by atoms with E-state index in [-0.39, 0.29) is 18.9 Å².